The van der Waals surface area contributed by atoms with Crippen molar-refractivity contribution in [3.05, 3.63) is 0 Å². The highest BCUT2D eigenvalue weighted by Gasteiger charge is 2.12. The smallest absolute Gasteiger partial charge is 0.324 e. The molecular formula is C7H15ClN2O3. The fourth-order valence-corrected chi connectivity index (χ4v) is 0.536. The van der Waals surface area contributed by atoms with Crippen LogP contribution in [0.25, 0.3) is 0 Å². The molecule has 1 atom stereocenters. The van der Waals surface area contributed by atoms with Gasteiger partial charge in [0.05, 0.1) is 6.61 Å². The van der Waals surface area contributed by atoms with Crippen molar-refractivity contribution >= 4 is 24.3 Å². The molecule has 0 bridgehead atoms. The van der Waals surface area contributed by atoms with E-state index in [1.54, 1.807) is 13.8 Å². The first-order valence-corrected chi connectivity index (χ1v) is 3.76. The lowest BCUT2D eigenvalue weighted by Crippen LogP contribution is -2.46. The first kappa shape index (κ1) is 14.7. The molecule has 0 saturated carbocycles. The first-order chi connectivity index (χ1) is 5.57. The zero-order valence-corrected chi connectivity index (χ0v) is 8.73. The topological polar surface area (TPSA) is 67.4 Å². The third-order valence-electron chi connectivity index (χ3n) is 1.10. The van der Waals surface area contributed by atoms with Crippen molar-refractivity contribution in [2.45, 2.75) is 26.8 Å². The third-order valence-corrected chi connectivity index (χ3v) is 1.10. The van der Waals surface area contributed by atoms with Crippen molar-refractivity contribution < 1.29 is 14.3 Å². The second-order valence-corrected chi connectivity index (χ2v) is 2.30. The molecule has 0 rings (SSSR count). The number of hydrazine groups is 1. The lowest BCUT2D eigenvalue weighted by Gasteiger charge is -2.11. The quantitative estimate of drug-likeness (QED) is 0.507. The summed E-state index contributed by atoms with van der Waals surface area (Å²) in [6.45, 7) is 5.02. The van der Waals surface area contributed by atoms with Crippen molar-refractivity contribution in [2.75, 3.05) is 6.61 Å². The second-order valence-electron chi connectivity index (χ2n) is 2.30. The van der Waals surface area contributed by atoms with Crippen molar-refractivity contribution in [3.8, 4) is 0 Å². The van der Waals surface area contributed by atoms with Crippen molar-refractivity contribution in [2.24, 2.45) is 0 Å². The number of hydrogen-bond acceptors (Lipinski definition) is 4. The Morgan fingerprint density at radius 3 is 2.38 bits per heavy atom. The standard InChI is InChI=1S/C7H14N2O3.ClH/c1-4-12-7(11)5(2)8-9-6(3)10;/h5,8H,4H2,1-3H3,(H,9,10);1H/t5-;/m0./s1. The highest BCUT2D eigenvalue weighted by Crippen LogP contribution is 1.85. The van der Waals surface area contributed by atoms with Crippen LogP contribution >= 0.6 is 12.4 Å². The summed E-state index contributed by atoms with van der Waals surface area (Å²) in [5.74, 6) is -0.627. The monoisotopic (exact) mass is 210 g/mol. The fraction of sp³-hybridized carbons (Fsp3) is 0.714. The van der Waals surface area contributed by atoms with Crippen LogP contribution in [-0.4, -0.2) is 24.5 Å². The molecule has 0 unspecified atom stereocenters. The molecule has 0 aromatic carbocycles. The zero-order valence-electron chi connectivity index (χ0n) is 7.92. The molecule has 13 heavy (non-hydrogen) atoms. The highest BCUT2D eigenvalue weighted by atomic mass is 35.5. The van der Waals surface area contributed by atoms with Crippen LogP contribution in [0.4, 0.5) is 0 Å². The minimum atomic E-state index is -0.520. The van der Waals surface area contributed by atoms with Crippen LogP contribution < -0.4 is 10.9 Å². The van der Waals surface area contributed by atoms with Gasteiger partial charge in [0.15, 0.2) is 0 Å². The molecule has 0 spiro atoms. The average Bonchev–Trinajstić information content (AvgIpc) is 2.00. The Bertz CT molecular complexity index is 175. The lowest BCUT2D eigenvalue weighted by molar-refractivity contribution is -0.145. The molecule has 2 N–H and O–H groups in total. The average molecular weight is 211 g/mol. The van der Waals surface area contributed by atoms with E-state index >= 15 is 0 Å². The van der Waals surface area contributed by atoms with Crippen molar-refractivity contribution in [1.82, 2.24) is 10.9 Å². The Kier molecular flexibility index (Phi) is 8.84. The van der Waals surface area contributed by atoms with E-state index in [0.29, 0.717) is 6.61 Å². The number of esters is 1. The number of ether oxygens (including phenoxy) is 1. The normalized spacial score (nSPS) is 11.0. The van der Waals surface area contributed by atoms with Gasteiger partial charge in [-0.05, 0) is 13.8 Å². The van der Waals surface area contributed by atoms with Crippen molar-refractivity contribution in [1.29, 1.82) is 0 Å². The third kappa shape index (κ3) is 7.55. The van der Waals surface area contributed by atoms with Gasteiger partial charge >= 0.3 is 5.97 Å². The maximum absolute atomic E-state index is 10.9. The van der Waals surface area contributed by atoms with E-state index in [1.165, 1.54) is 6.92 Å². The van der Waals surface area contributed by atoms with E-state index in [2.05, 4.69) is 15.6 Å². The van der Waals surface area contributed by atoms with Gasteiger partial charge in [0.25, 0.3) is 0 Å². The van der Waals surface area contributed by atoms with Gasteiger partial charge in [-0.25, -0.2) is 5.43 Å². The Labute approximate surface area is 83.6 Å². The summed E-state index contributed by atoms with van der Waals surface area (Å²) in [6, 6.07) is -0.520. The maximum Gasteiger partial charge on any atom is 0.324 e. The molecule has 0 saturated heterocycles. The van der Waals surface area contributed by atoms with Crippen LogP contribution in [0.15, 0.2) is 0 Å². The molecule has 0 fully saturated rings. The Morgan fingerprint density at radius 2 is 2.00 bits per heavy atom. The summed E-state index contributed by atoms with van der Waals surface area (Å²) in [5, 5.41) is 0. The molecule has 0 radical (unpaired) electrons. The molecule has 5 nitrogen and oxygen atoms in total. The molecule has 0 heterocycles. The van der Waals surface area contributed by atoms with Gasteiger partial charge < -0.3 is 4.74 Å². The number of hydrogen-bond donors (Lipinski definition) is 2. The zero-order chi connectivity index (χ0) is 9.56. The lowest BCUT2D eigenvalue weighted by atomic mass is 10.4. The summed E-state index contributed by atoms with van der Waals surface area (Å²) in [7, 11) is 0. The molecule has 0 aliphatic carbocycles. The van der Waals surface area contributed by atoms with Crippen LogP contribution in [0.1, 0.15) is 20.8 Å². The molecule has 1 amide bonds. The molecule has 0 aromatic heterocycles. The van der Waals surface area contributed by atoms with Gasteiger partial charge in [-0.3, -0.25) is 15.0 Å². The Balaban J connectivity index is 0. The van der Waals surface area contributed by atoms with Gasteiger partial charge in [-0.15, -0.1) is 12.4 Å². The number of carbonyl (C=O) groups is 2. The molecule has 6 heteroatoms. The van der Waals surface area contributed by atoms with E-state index in [4.69, 9.17) is 0 Å². The molecule has 78 valence electrons. The summed E-state index contributed by atoms with van der Waals surface area (Å²) in [6.07, 6.45) is 0. The molecule has 0 aromatic rings. The van der Waals surface area contributed by atoms with Gasteiger partial charge in [0, 0.05) is 6.92 Å². The fourth-order valence-electron chi connectivity index (χ4n) is 0.536. The van der Waals surface area contributed by atoms with Gasteiger partial charge in [0.1, 0.15) is 6.04 Å². The van der Waals surface area contributed by atoms with E-state index in [9.17, 15) is 9.59 Å². The van der Waals surface area contributed by atoms with Crippen LogP contribution in [0.2, 0.25) is 0 Å². The number of rotatable bonds is 4. The summed E-state index contributed by atoms with van der Waals surface area (Å²) >= 11 is 0. The summed E-state index contributed by atoms with van der Waals surface area (Å²) in [5.41, 5.74) is 4.79. The first-order valence-electron chi connectivity index (χ1n) is 3.76. The Morgan fingerprint density at radius 1 is 1.46 bits per heavy atom. The number of carbonyl (C=O) groups excluding carboxylic acids is 2. The van der Waals surface area contributed by atoms with E-state index in [0.717, 1.165) is 0 Å². The minimum absolute atomic E-state index is 0. The highest BCUT2D eigenvalue weighted by molar-refractivity contribution is 5.85. The number of nitrogens with one attached hydrogen (secondary N) is 2. The molecule has 0 aliphatic rings. The van der Waals surface area contributed by atoms with E-state index in [-0.39, 0.29) is 24.3 Å². The summed E-state index contributed by atoms with van der Waals surface area (Å²) < 4.78 is 4.68. The predicted molar refractivity (Wildman–Crippen MR) is 50.3 cm³/mol. The largest absolute Gasteiger partial charge is 0.465 e. The minimum Gasteiger partial charge on any atom is -0.465 e. The van der Waals surface area contributed by atoms with E-state index in [1.807, 2.05) is 0 Å². The summed E-state index contributed by atoms with van der Waals surface area (Å²) in [4.78, 5) is 21.3. The SMILES string of the molecule is CCOC(=O)[C@H](C)NNC(C)=O.Cl. The van der Waals surface area contributed by atoms with Crippen LogP contribution in [-0.2, 0) is 14.3 Å². The van der Waals surface area contributed by atoms with Crippen molar-refractivity contribution in [3.63, 3.8) is 0 Å². The number of amides is 1. The number of halogens is 1. The molecular weight excluding hydrogens is 196 g/mol. The van der Waals surface area contributed by atoms with Gasteiger partial charge in [-0.2, -0.15) is 0 Å². The Hall–Kier alpha value is -0.810. The van der Waals surface area contributed by atoms with Crippen LogP contribution in [0.5, 0.6) is 0 Å². The van der Waals surface area contributed by atoms with Gasteiger partial charge in [-0.1, -0.05) is 0 Å². The maximum atomic E-state index is 10.9. The predicted octanol–water partition coefficient (Wildman–Crippen LogP) is 0.000500. The van der Waals surface area contributed by atoms with Crippen LogP contribution in [0.3, 0.4) is 0 Å². The van der Waals surface area contributed by atoms with E-state index < -0.39 is 6.04 Å². The van der Waals surface area contributed by atoms with Crippen LogP contribution in [0, 0.1) is 0 Å². The van der Waals surface area contributed by atoms with Gasteiger partial charge in [0.2, 0.25) is 5.91 Å². The molecule has 0 aliphatic heterocycles. The second kappa shape index (κ2) is 7.82.